The van der Waals surface area contributed by atoms with Gasteiger partial charge < -0.3 is 4.74 Å². The van der Waals surface area contributed by atoms with Gasteiger partial charge in [-0.2, -0.15) is 0 Å². The van der Waals surface area contributed by atoms with Gasteiger partial charge in [0.05, 0.1) is 13.7 Å². The van der Waals surface area contributed by atoms with Crippen LogP contribution in [0.1, 0.15) is 0 Å². The van der Waals surface area contributed by atoms with E-state index in [0.717, 1.165) is 0 Å². The lowest BCUT2D eigenvalue weighted by molar-refractivity contribution is 0.0704. The summed E-state index contributed by atoms with van der Waals surface area (Å²) in [4.78, 5) is 4.68. The number of nitrogens with one attached hydrogen (secondary N) is 1. The molecule has 0 aliphatic carbocycles. The maximum Gasteiger partial charge on any atom is 0.208 e. The van der Waals surface area contributed by atoms with Crippen LogP contribution in [0.3, 0.4) is 0 Å². The first-order valence-electron chi connectivity index (χ1n) is 2.05. The molecular formula is C4H7NO2. The minimum Gasteiger partial charge on any atom is -0.481 e. The third kappa shape index (κ3) is 0.838. The molecule has 1 aliphatic rings. The quantitative estimate of drug-likeness (QED) is 0.504. The minimum atomic E-state index is 0.600. The molecule has 0 aromatic carbocycles. The van der Waals surface area contributed by atoms with Crippen molar-refractivity contribution < 1.29 is 9.57 Å². The number of ether oxygens (including phenoxy) is 1. The topological polar surface area (TPSA) is 30.5 Å². The first-order valence-corrected chi connectivity index (χ1v) is 2.05. The highest BCUT2D eigenvalue weighted by Crippen LogP contribution is 1.95. The molecule has 1 aliphatic heterocycles. The van der Waals surface area contributed by atoms with Gasteiger partial charge in [-0.15, -0.1) is 0 Å². The number of hydrogen-bond donors (Lipinski definition) is 1. The van der Waals surface area contributed by atoms with Gasteiger partial charge in [0, 0.05) is 6.08 Å². The Morgan fingerprint density at radius 1 is 2.00 bits per heavy atom. The van der Waals surface area contributed by atoms with E-state index in [4.69, 9.17) is 4.74 Å². The lowest BCUT2D eigenvalue weighted by atomic mass is 10.6. The molecule has 0 aromatic heterocycles. The van der Waals surface area contributed by atoms with Gasteiger partial charge in [0.15, 0.2) is 0 Å². The first kappa shape index (κ1) is 4.46. The third-order valence-electron chi connectivity index (χ3n) is 0.745. The molecule has 0 spiro atoms. The fourth-order valence-corrected chi connectivity index (χ4v) is 0.397. The minimum absolute atomic E-state index is 0.600. The molecule has 1 rings (SSSR count). The molecule has 7 heavy (non-hydrogen) atoms. The van der Waals surface area contributed by atoms with E-state index >= 15 is 0 Å². The molecule has 1 N–H and O–H groups in total. The van der Waals surface area contributed by atoms with E-state index in [1.54, 1.807) is 7.11 Å². The maximum atomic E-state index is 4.74. The summed E-state index contributed by atoms with van der Waals surface area (Å²) in [7, 11) is 1.59. The van der Waals surface area contributed by atoms with Crippen molar-refractivity contribution in [1.29, 1.82) is 0 Å². The van der Waals surface area contributed by atoms with Gasteiger partial charge in [-0.3, -0.25) is 4.84 Å². The van der Waals surface area contributed by atoms with Crippen LogP contribution in [0.25, 0.3) is 0 Å². The molecule has 0 saturated carbocycles. The maximum absolute atomic E-state index is 4.74. The van der Waals surface area contributed by atoms with Crippen molar-refractivity contribution in [2.75, 3.05) is 13.7 Å². The molecular weight excluding hydrogens is 94.0 g/mol. The fourth-order valence-electron chi connectivity index (χ4n) is 0.397. The van der Waals surface area contributed by atoms with Crippen molar-refractivity contribution in [3.63, 3.8) is 0 Å². The van der Waals surface area contributed by atoms with E-state index < -0.39 is 0 Å². The molecule has 0 bridgehead atoms. The highest BCUT2D eigenvalue weighted by Gasteiger charge is 1.99. The predicted octanol–water partition coefficient (Wildman–Crippen LogP) is 0.00900. The largest absolute Gasteiger partial charge is 0.481 e. The zero-order chi connectivity index (χ0) is 5.11. The van der Waals surface area contributed by atoms with Crippen molar-refractivity contribution in [2.24, 2.45) is 0 Å². The van der Waals surface area contributed by atoms with E-state index in [1.807, 2.05) is 6.08 Å². The molecule has 3 nitrogen and oxygen atoms in total. The number of methoxy groups -OCH3 is 1. The summed E-state index contributed by atoms with van der Waals surface area (Å²) in [5, 5.41) is 0. The third-order valence-corrected chi connectivity index (χ3v) is 0.745. The molecule has 0 atom stereocenters. The number of rotatable bonds is 1. The summed E-state index contributed by atoms with van der Waals surface area (Å²) in [6.45, 7) is 0.600. The van der Waals surface area contributed by atoms with Crippen molar-refractivity contribution in [3.05, 3.63) is 12.0 Å². The second-order valence-corrected chi connectivity index (χ2v) is 1.19. The normalized spacial score (nSPS) is 18.1. The summed E-state index contributed by atoms with van der Waals surface area (Å²) >= 11 is 0. The molecule has 0 radical (unpaired) electrons. The van der Waals surface area contributed by atoms with Crippen molar-refractivity contribution >= 4 is 0 Å². The predicted molar refractivity (Wildman–Crippen MR) is 24.2 cm³/mol. The fraction of sp³-hybridized carbons (Fsp3) is 0.500. The second kappa shape index (κ2) is 1.84. The van der Waals surface area contributed by atoms with Gasteiger partial charge in [0.2, 0.25) is 5.88 Å². The average Bonchev–Trinajstić information content (AvgIpc) is 2.14. The van der Waals surface area contributed by atoms with Gasteiger partial charge in [0.25, 0.3) is 0 Å². The molecule has 3 heteroatoms. The molecule has 1 heterocycles. The first-order chi connectivity index (χ1) is 3.43. The van der Waals surface area contributed by atoms with Gasteiger partial charge in [0.1, 0.15) is 0 Å². The van der Waals surface area contributed by atoms with Gasteiger partial charge in [-0.25, -0.2) is 5.48 Å². The Bertz CT molecular complexity index is 89.7. The Balaban J connectivity index is 2.36. The van der Waals surface area contributed by atoms with E-state index in [2.05, 4.69) is 10.3 Å². The van der Waals surface area contributed by atoms with Crippen LogP contribution in [-0.2, 0) is 9.57 Å². The van der Waals surface area contributed by atoms with Crippen LogP contribution < -0.4 is 5.48 Å². The monoisotopic (exact) mass is 101 g/mol. The van der Waals surface area contributed by atoms with Gasteiger partial charge in [-0.1, -0.05) is 0 Å². The van der Waals surface area contributed by atoms with E-state index in [0.29, 0.717) is 12.5 Å². The SMILES string of the molecule is COC1=CCON1. The van der Waals surface area contributed by atoms with Crippen LogP contribution in [0.5, 0.6) is 0 Å². The Morgan fingerprint density at radius 2 is 2.86 bits per heavy atom. The zero-order valence-electron chi connectivity index (χ0n) is 4.10. The van der Waals surface area contributed by atoms with E-state index in [9.17, 15) is 0 Å². The van der Waals surface area contributed by atoms with Crippen molar-refractivity contribution in [2.45, 2.75) is 0 Å². The van der Waals surface area contributed by atoms with Gasteiger partial charge >= 0.3 is 0 Å². The highest BCUT2D eigenvalue weighted by atomic mass is 16.7. The van der Waals surface area contributed by atoms with E-state index in [1.165, 1.54) is 0 Å². The van der Waals surface area contributed by atoms with Crippen LogP contribution in [-0.4, -0.2) is 13.7 Å². The lowest BCUT2D eigenvalue weighted by Crippen LogP contribution is -2.06. The highest BCUT2D eigenvalue weighted by molar-refractivity contribution is 4.91. The Hall–Kier alpha value is -0.700. The number of hydroxylamine groups is 1. The summed E-state index contributed by atoms with van der Waals surface area (Å²) in [5.41, 5.74) is 2.55. The standard InChI is InChI=1S/C4H7NO2/c1-6-4-2-3-7-5-4/h2,5H,3H2,1H3. The van der Waals surface area contributed by atoms with Crippen LogP contribution >= 0.6 is 0 Å². The van der Waals surface area contributed by atoms with Crippen LogP contribution in [0.15, 0.2) is 12.0 Å². The summed E-state index contributed by atoms with van der Waals surface area (Å²) in [6, 6.07) is 0. The number of hydrogen-bond acceptors (Lipinski definition) is 3. The van der Waals surface area contributed by atoms with E-state index in [-0.39, 0.29) is 0 Å². The molecule has 0 fully saturated rings. The average molecular weight is 101 g/mol. The molecule has 40 valence electrons. The Labute approximate surface area is 41.9 Å². The Kier molecular flexibility index (Phi) is 1.17. The molecule has 0 amide bonds. The summed E-state index contributed by atoms with van der Waals surface area (Å²) in [5.74, 6) is 0.694. The van der Waals surface area contributed by atoms with Crippen LogP contribution in [0.4, 0.5) is 0 Å². The lowest BCUT2D eigenvalue weighted by Gasteiger charge is -1.96. The Morgan fingerprint density at radius 3 is 3.14 bits per heavy atom. The molecule has 0 aromatic rings. The smallest absolute Gasteiger partial charge is 0.208 e. The second-order valence-electron chi connectivity index (χ2n) is 1.19. The molecule has 0 saturated heterocycles. The van der Waals surface area contributed by atoms with Gasteiger partial charge in [-0.05, 0) is 0 Å². The van der Waals surface area contributed by atoms with Crippen LogP contribution in [0.2, 0.25) is 0 Å². The zero-order valence-corrected chi connectivity index (χ0v) is 4.10. The van der Waals surface area contributed by atoms with Crippen molar-refractivity contribution in [3.8, 4) is 0 Å². The molecule has 0 unspecified atom stereocenters. The summed E-state index contributed by atoms with van der Waals surface area (Å²) < 4.78 is 4.74. The van der Waals surface area contributed by atoms with Crippen LogP contribution in [0, 0.1) is 0 Å². The van der Waals surface area contributed by atoms with Crippen molar-refractivity contribution in [1.82, 2.24) is 5.48 Å². The summed E-state index contributed by atoms with van der Waals surface area (Å²) in [6.07, 6.45) is 1.82.